The Morgan fingerprint density at radius 2 is 1.95 bits per heavy atom. The predicted molar refractivity (Wildman–Crippen MR) is 77.2 cm³/mol. The number of ether oxygens (including phenoxy) is 2. The number of aliphatic hydroxyl groups excluding tert-OH is 1. The number of methoxy groups -OCH3 is 1. The molecule has 1 aromatic heterocycles. The van der Waals surface area contributed by atoms with Crippen LogP contribution in [-0.2, 0) is 0 Å². The number of aliphatic hydroxyl groups is 1. The predicted octanol–water partition coefficient (Wildman–Crippen LogP) is 3.63. The van der Waals surface area contributed by atoms with Gasteiger partial charge in [0, 0.05) is 0 Å². The summed E-state index contributed by atoms with van der Waals surface area (Å²) in [4.78, 5) is 0.824. The molecule has 102 valence electrons. The van der Waals surface area contributed by atoms with Crippen LogP contribution in [0.3, 0.4) is 0 Å². The summed E-state index contributed by atoms with van der Waals surface area (Å²) in [5.41, 5.74) is 0.838. The fourth-order valence-electron chi connectivity index (χ4n) is 1.79. The van der Waals surface area contributed by atoms with Gasteiger partial charge in [0.25, 0.3) is 0 Å². The standard InChI is InChI=1S/C15H18O3S/c1-3-9-18-12-6-4-11(5-7-12)14(16)15-13(17-2)8-10-19-15/h4-8,10,14,16H,3,9H2,1-2H3. The first kappa shape index (κ1) is 13.9. The van der Waals surface area contributed by atoms with Crippen LogP contribution in [0.1, 0.15) is 29.9 Å². The second-order valence-electron chi connectivity index (χ2n) is 4.17. The average molecular weight is 278 g/mol. The van der Waals surface area contributed by atoms with E-state index in [0.717, 1.165) is 28.4 Å². The maximum absolute atomic E-state index is 10.3. The molecule has 1 unspecified atom stereocenters. The molecule has 0 aliphatic carbocycles. The minimum absolute atomic E-state index is 0.657. The van der Waals surface area contributed by atoms with Crippen LogP contribution in [0.4, 0.5) is 0 Å². The summed E-state index contributed by atoms with van der Waals surface area (Å²) in [7, 11) is 1.61. The molecule has 19 heavy (non-hydrogen) atoms. The number of hydrogen-bond donors (Lipinski definition) is 1. The van der Waals surface area contributed by atoms with Crippen LogP contribution in [0, 0.1) is 0 Å². The molecule has 1 N–H and O–H groups in total. The Kier molecular flexibility index (Phi) is 4.82. The van der Waals surface area contributed by atoms with Crippen LogP contribution in [0.2, 0.25) is 0 Å². The molecule has 0 bridgehead atoms. The van der Waals surface area contributed by atoms with Crippen LogP contribution in [0.15, 0.2) is 35.7 Å². The summed E-state index contributed by atoms with van der Waals surface area (Å²) in [6, 6.07) is 9.40. The smallest absolute Gasteiger partial charge is 0.135 e. The zero-order valence-corrected chi connectivity index (χ0v) is 11.9. The Morgan fingerprint density at radius 3 is 2.58 bits per heavy atom. The average Bonchev–Trinajstić information content (AvgIpc) is 2.93. The van der Waals surface area contributed by atoms with Crippen molar-refractivity contribution >= 4 is 11.3 Å². The second kappa shape index (κ2) is 6.59. The molecule has 1 heterocycles. The van der Waals surface area contributed by atoms with Gasteiger partial charge in [0.05, 0.1) is 18.6 Å². The Balaban J connectivity index is 2.13. The lowest BCUT2D eigenvalue weighted by Crippen LogP contribution is -2.00. The summed E-state index contributed by atoms with van der Waals surface area (Å²) in [5.74, 6) is 1.56. The van der Waals surface area contributed by atoms with Crippen molar-refractivity contribution in [3.63, 3.8) is 0 Å². The fraction of sp³-hybridized carbons (Fsp3) is 0.333. The molecular formula is C15H18O3S. The largest absolute Gasteiger partial charge is 0.495 e. The zero-order valence-electron chi connectivity index (χ0n) is 11.1. The van der Waals surface area contributed by atoms with E-state index >= 15 is 0 Å². The molecule has 0 fully saturated rings. The van der Waals surface area contributed by atoms with Crippen LogP contribution >= 0.6 is 11.3 Å². The van der Waals surface area contributed by atoms with Gasteiger partial charge in [-0.15, -0.1) is 11.3 Å². The van der Waals surface area contributed by atoms with E-state index in [-0.39, 0.29) is 0 Å². The summed E-state index contributed by atoms with van der Waals surface area (Å²) in [6.07, 6.45) is 0.326. The van der Waals surface area contributed by atoms with Crippen molar-refractivity contribution in [3.8, 4) is 11.5 Å². The van der Waals surface area contributed by atoms with Crippen molar-refractivity contribution < 1.29 is 14.6 Å². The fourth-order valence-corrected chi connectivity index (χ4v) is 2.67. The third-order valence-corrected chi connectivity index (χ3v) is 3.74. The number of benzene rings is 1. The van der Waals surface area contributed by atoms with Gasteiger partial charge in [-0.1, -0.05) is 19.1 Å². The summed E-state index contributed by atoms with van der Waals surface area (Å²) in [5, 5.41) is 12.3. The minimum atomic E-state index is -0.657. The quantitative estimate of drug-likeness (QED) is 0.877. The Morgan fingerprint density at radius 1 is 1.21 bits per heavy atom. The van der Waals surface area contributed by atoms with Crippen LogP contribution < -0.4 is 9.47 Å². The number of thiophene rings is 1. The van der Waals surface area contributed by atoms with Gasteiger partial charge in [0.1, 0.15) is 17.6 Å². The van der Waals surface area contributed by atoms with Gasteiger partial charge in [0.15, 0.2) is 0 Å². The van der Waals surface area contributed by atoms with E-state index in [0.29, 0.717) is 6.61 Å². The Hall–Kier alpha value is -1.52. The van der Waals surface area contributed by atoms with Gasteiger partial charge < -0.3 is 14.6 Å². The highest BCUT2D eigenvalue weighted by molar-refractivity contribution is 7.10. The van der Waals surface area contributed by atoms with E-state index in [4.69, 9.17) is 9.47 Å². The van der Waals surface area contributed by atoms with Crippen LogP contribution in [0.5, 0.6) is 11.5 Å². The Bertz CT molecular complexity index is 504. The van der Waals surface area contributed by atoms with Gasteiger partial charge in [-0.05, 0) is 35.6 Å². The molecule has 3 nitrogen and oxygen atoms in total. The van der Waals surface area contributed by atoms with E-state index in [1.807, 2.05) is 35.7 Å². The van der Waals surface area contributed by atoms with Crippen molar-refractivity contribution in [1.29, 1.82) is 0 Å². The summed E-state index contributed by atoms with van der Waals surface area (Å²) >= 11 is 1.49. The maximum Gasteiger partial charge on any atom is 0.135 e. The van der Waals surface area contributed by atoms with E-state index in [1.165, 1.54) is 11.3 Å². The SMILES string of the molecule is CCCOc1ccc(C(O)c2sccc2OC)cc1. The summed E-state index contributed by atoms with van der Waals surface area (Å²) in [6.45, 7) is 2.78. The van der Waals surface area contributed by atoms with Crippen molar-refractivity contribution in [2.24, 2.45) is 0 Å². The molecule has 2 rings (SSSR count). The lowest BCUT2D eigenvalue weighted by Gasteiger charge is -2.12. The third kappa shape index (κ3) is 3.28. The molecule has 0 saturated carbocycles. The van der Waals surface area contributed by atoms with E-state index in [2.05, 4.69) is 6.92 Å². The zero-order chi connectivity index (χ0) is 13.7. The van der Waals surface area contributed by atoms with Crippen molar-refractivity contribution in [3.05, 3.63) is 46.2 Å². The summed E-state index contributed by atoms with van der Waals surface area (Å²) < 4.78 is 10.8. The molecule has 0 saturated heterocycles. The lowest BCUT2D eigenvalue weighted by atomic mass is 10.1. The van der Waals surface area contributed by atoms with E-state index < -0.39 is 6.10 Å². The van der Waals surface area contributed by atoms with E-state index in [1.54, 1.807) is 7.11 Å². The van der Waals surface area contributed by atoms with Crippen LogP contribution in [-0.4, -0.2) is 18.8 Å². The van der Waals surface area contributed by atoms with Gasteiger partial charge in [-0.2, -0.15) is 0 Å². The molecular weight excluding hydrogens is 260 g/mol. The highest BCUT2D eigenvalue weighted by atomic mass is 32.1. The third-order valence-electron chi connectivity index (χ3n) is 2.79. The lowest BCUT2D eigenvalue weighted by molar-refractivity contribution is 0.219. The first-order valence-corrected chi connectivity index (χ1v) is 7.16. The van der Waals surface area contributed by atoms with Crippen molar-refractivity contribution in [2.75, 3.05) is 13.7 Å². The molecule has 0 aliphatic rings. The molecule has 0 amide bonds. The molecule has 0 spiro atoms. The highest BCUT2D eigenvalue weighted by Gasteiger charge is 2.16. The first-order valence-electron chi connectivity index (χ1n) is 6.28. The number of hydrogen-bond acceptors (Lipinski definition) is 4. The maximum atomic E-state index is 10.3. The highest BCUT2D eigenvalue weighted by Crippen LogP contribution is 2.34. The van der Waals surface area contributed by atoms with Crippen LogP contribution in [0.25, 0.3) is 0 Å². The first-order chi connectivity index (χ1) is 9.26. The molecule has 0 aliphatic heterocycles. The monoisotopic (exact) mass is 278 g/mol. The van der Waals surface area contributed by atoms with Gasteiger partial charge in [-0.3, -0.25) is 0 Å². The molecule has 0 radical (unpaired) electrons. The Labute approximate surface area is 117 Å². The number of rotatable bonds is 6. The van der Waals surface area contributed by atoms with E-state index in [9.17, 15) is 5.11 Å². The van der Waals surface area contributed by atoms with Gasteiger partial charge >= 0.3 is 0 Å². The molecule has 1 atom stereocenters. The van der Waals surface area contributed by atoms with Gasteiger partial charge in [0.2, 0.25) is 0 Å². The van der Waals surface area contributed by atoms with Crippen molar-refractivity contribution in [2.45, 2.75) is 19.4 Å². The molecule has 1 aromatic carbocycles. The van der Waals surface area contributed by atoms with Crippen molar-refractivity contribution in [1.82, 2.24) is 0 Å². The molecule has 2 aromatic rings. The molecule has 4 heteroatoms. The minimum Gasteiger partial charge on any atom is -0.495 e. The second-order valence-corrected chi connectivity index (χ2v) is 5.12. The van der Waals surface area contributed by atoms with Gasteiger partial charge in [-0.25, -0.2) is 0 Å². The topological polar surface area (TPSA) is 38.7 Å². The normalized spacial score (nSPS) is 12.2.